The first-order chi connectivity index (χ1) is 14.5. The molecule has 0 fully saturated rings. The minimum absolute atomic E-state index is 0.0423. The summed E-state index contributed by atoms with van der Waals surface area (Å²) in [5, 5.41) is 14.2. The van der Waals surface area contributed by atoms with Gasteiger partial charge in [-0.2, -0.15) is 0 Å². The number of fused-ring (bicyclic) bond motifs is 1. The molecule has 2 amide bonds. The van der Waals surface area contributed by atoms with Crippen molar-refractivity contribution in [1.82, 2.24) is 4.90 Å². The summed E-state index contributed by atoms with van der Waals surface area (Å²) in [5.41, 5.74) is 1.24. The quantitative estimate of drug-likeness (QED) is 0.365. The summed E-state index contributed by atoms with van der Waals surface area (Å²) >= 11 is 0. The third kappa shape index (κ3) is 3.70. The Balaban J connectivity index is 1.39. The van der Waals surface area contributed by atoms with Gasteiger partial charge in [-0.05, 0) is 35.9 Å². The van der Waals surface area contributed by atoms with Gasteiger partial charge in [0.2, 0.25) is 0 Å². The van der Waals surface area contributed by atoms with E-state index in [4.69, 9.17) is 4.74 Å². The number of amides is 2. The average molecular weight is 403 g/mol. The first-order valence-corrected chi connectivity index (χ1v) is 9.19. The van der Waals surface area contributed by atoms with Crippen LogP contribution in [0.1, 0.15) is 26.3 Å². The number of imide groups is 1. The van der Waals surface area contributed by atoms with Crippen molar-refractivity contribution in [1.29, 1.82) is 0 Å². The van der Waals surface area contributed by atoms with Crippen LogP contribution in [0.15, 0.2) is 72.8 Å². The molecule has 1 aliphatic heterocycles. The number of carbonyl (C=O) groups is 2. The van der Waals surface area contributed by atoms with Crippen molar-refractivity contribution in [3.63, 3.8) is 0 Å². The van der Waals surface area contributed by atoms with Crippen LogP contribution in [0.4, 0.5) is 11.4 Å². The fraction of sp³-hybridized carbons (Fsp3) is 0.0909. The molecule has 1 heterocycles. The molecule has 0 unspecified atom stereocenters. The fourth-order valence-corrected chi connectivity index (χ4v) is 3.19. The van der Waals surface area contributed by atoms with Crippen LogP contribution in [0, 0.1) is 10.1 Å². The lowest BCUT2D eigenvalue weighted by atomic mass is 10.1. The lowest BCUT2D eigenvalue weighted by Crippen LogP contribution is -2.34. The molecule has 0 atom stereocenters. The normalized spacial score (nSPS) is 12.6. The highest BCUT2D eigenvalue weighted by Gasteiger charge is 2.40. The number of hydrogen-bond donors (Lipinski definition) is 1. The van der Waals surface area contributed by atoms with Crippen LogP contribution >= 0.6 is 0 Å². The number of ether oxygens (including phenoxy) is 1. The molecular weight excluding hydrogens is 386 g/mol. The Morgan fingerprint density at radius 1 is 0.900 bits per heavy atom. The Hall–Kier alpha value is -4.20. The third-order valence-electron chi connectivity index (χ3n) is 4.72. The van der Waals surface area contributed by atoms with E-state index in [1.807, 2.05) is 30.3 Å². The second-order valence-electron chi connectivity index (χ2n) is 6.63. The van der Waals surface area contributed by atoms with E-state index in [0.29, 0.717) is 18.0 Å². The topological polar surface area (TPSA) is 102 Å². The average Bonchev–Trinajstić information content (AvgIpc) is 3.02. The SMILES string of the molecule is O=C1c2cccc([N+](=O)[O-])c2C(=O)N1CNc1ccc(OCc2ccccc2)cc1. The van der Waals surface area contributed by atoms with Crippen LogP contribution in [-0.2, 0) is 6.61 Å². The number of anilines is 1. The molecule has 0 aliphatic carbocycles. The molecule has 8 nitrogen and oxygen atoms in total. The molecule has 0 bridgehead atoms. The zero-order chi connectivity index (χ0) is 21.1. The largest absolute Gasteiger partial charge is 0.489 e. The summed E-state index contributed by atoms with van der Waals surface area (Å²) in [7, 11) is 0. The first-order valence-electron chi connectivity index (χ1n) is 9.19. The van der Waals surface area contributed by atoms with Crippen molar-refractivity contribution >= 4 is 23.2 Å². The standard InChI is InChI=1S/C22H17N3O5/c26-21-18-7-4-8-19(25(28)29)20(18)22(27)24(21)14-23-16-9-11-17(12-10-16)30-13-15-5-2-1-3-6-15/h1-12,23H,13-14H2. The van der Waals surface area contributed by atoms with Gasteiger partial charge in [0.05, 0.1) is 17.2 Å². The monoisotopic (exact) mass is 403 g/mol. The van der Waals surface area contributed by atoms with Crippen molar-refractivity contribution in [3.05, 3.63) is 99.6 Å². The van der Waals surface area contributed by atoms with E-state index in [1.165, 1.54) is 18.2 Å². The minimum Gasteiger partial charge on any atom is -0.489 e. The maximum Gasteiger partial charge on any atom is 0.282 e. The van der Waals surface area contributed by atoms with Crippen LogP contribution in [0.25, 0.3) is 0 Å². The highest BCUT2D eigenvalue weighted by Crippen LogP contribution is 2.30. The van der Waals surface area contributed by atoms with Crippen molar-refractivity contribution < 1.29 is 19.2 Å². The summed E-state index contributed by atoms with van der Waals surface area (Å²) in [4.78, 5) is 36.5. The van der Waals surface area contributed by atoms with Crippen LogP contribution in [0.3, 0.4) is 0 Å². The Labute approximate surface area is 171 Å². The predicted octanol–water partition coefficient (Wildman–Crippen LogP) is 3.84. The van der Waals surface area contributed by atoms with Gasteiger partial charge in [-0.3, -0.25) is 24.6 Å². The summed E-state index contributed by atoms with van der Waals surface area (Å²) in [6.07, 6.45) is 0. The van der Waals surface area contributed by atoms with Crippen LogP contribution in [0.2, 0.25) is 0 Å². The van der Waals surface area contributed by atoms with Gasteiger partial charge >= 0.3 is 0 Å². The fourth-order valence-electron chi connectivity index (χ4n) is 3.19. The number of rotatable bonds is 7. The van der Waals surface area contributed by atoms with E-state index in [1.54, 1.807) is 24.3 Å². The molecular formula is C22H17N3O5. The summed E-state index contributed by atoms with van der Waals surface area (Å²) in [5.74, 6) is -0.563. The molecule has 1 aliphatic rings. The van der Waals surface area contributed by atoms with E-state index in [-0.39, 0.29) is 23.5 Å². The van der Waals surface area contributed by atoms with E-state index >= 15 is 0 Å². The molecule has 0 aromatic heterocycles. The highest BCUT2D eigenvalue weighted by molar-refractivity contribution is 6.23. The molecule has 0 saturated heterocycles. The Bertz CT molecular complexity index is 1110. The molecule has 150 valence electrons. The summed E-state index contributed by atoms with van der Waals surface area (Å²) in [6.45, 7) is 0.342. The number of nitrogens with zero attached hydrogens (tertiary/aromatic N) is 2. The van der Waals surface area contributed by atoms with E-state index in [2.05, 4.69) is 5.32 Å². The van der Waals surface area contributed by atoms with Gasteiger partial charge in [0.1, 0.15) is 17.9 Å². The van der Waals surface area contributed by atoms with Gasteiger partial charge in [-0.1, -0.05) is 36.4 Å². The molecule has 4 rings (SSSR count). The minimum atomic E-state index is -0.683. The van der Waals surface area contributed by atoms with Crippen LogP contribution in [0.5, 0.6) is 5.75 Å². The number of benzene rings is 3. The van der Waals surface area contributed by atoms with Gasteiger partial charge < -0.3 is 10.1 Å². The molecule has 0 saturated carbocycles. The molecule has 3 aromatic rings. The third-order valence-corrected chi connectivity index (χ3v) is 4.72. The number of nitro groups is 1. The second-order valence-corrected chi connectivity index (χ2v) is 6.63. The number of hydrogen-bond acceptors (Lipinski definition) is 6. The van der Waals surface area contributed by atoms with Crippen molar-refractivity contribution in [2.75, 3.05) is 12.0 Å². The van der Waals surface area contributed by atoms with Gasteiger partial charge in [0, 0.05) is 11.8 Å². The lowest BCUT2D eigenvalue weighted by Gasteiger charge is -2.16. The number of nitro benzene ring substituents is 1. The zero-order valence-corrected chi connectivity index (χ0v) is 15.8. The highest BCUT2D eigenvalue weighted by atomic mass is 16.6. The predicted molar refractivity (Wildman–Crippen MR) is 109 cm³/mol. The molecule has 1 N–H and O–H groups in total. The van der Waals surface area contributed by atoms with Crippen molar-refractivity contribution in [2.24, 2.45) is 0 Å². The van der Waals surface area contributed by atoms with E-state index < -0.39 is 16.7 Å². The summed E-state index contributed by atoms with van der Waals surface area (Å²) in [6, 6.07) is 20.9. The zero-order valence-electron chi connectivity index (χ0n) is 15.8. The van der Waals surface area contributed by atoms with E-state index in [9.17, 15) is 19.7 Å². The van der Waals surface area contributed by atoms with Crippen molar-refractivity contribution in [3.8, 4) is 5.75 Å². The smallest absolute Gasteiger partial charge is 0.282 e. The first kappa shape index (κ1) is 19.1. The van der Waals surface area contributed by atoms with Gasteiger partial charge in [-0.15, -0.1) is 0 Å². The molecule has 30 heavy (non-hydrogen) atoms. The van der Waals surface area contributed by atoms with Crippen molar-refractivity contribution in [2.45, 2.75) is 6.61 Å². The van der Waals surface area contributed by atoms with Gasteiger partial charge in [-0.25, -0.2) is 0 Å². The van der Waals surface area contributed by atoms with Crippen LogP contribution < -0.4 is 10.1 Å². The summed E-state index contributed by atoms with van der Waals surface area (Å²) < 4.78 is 5.73. The van der Waals surface area contributed by atoms with Gasteiger partial charge in [0.15, 0.2) is 0 Å². The van der Waals surface area contributed by atoms with Crippen LogP contribution in [-0.4, -0.2) is 28.3 Å². The Morgan fingerprint density at radius 2 is 1.63 bits per heavy atom. The Kier molecular flexibility index (Phi) is 5.13. The number of nitrogens with one attached hydrogen (secondary N) is 1. The maximum atomic E-state index is 12.6. The second kappa shape index (κ2) is 8.04. The molecule has 8 heteroatoms. The molecule has 3 aromatic carbocycles. The van der Waals surface area contributed by atoms with Gasteiger partial charge in [0.25, 0.3) is 17.5 Å². The maximum absolute atomic E-state index is 12.6. The Morgan fingerprint density at radius 3 is 2.33 bits per heavy atom. The molecule has 0 spiro atoms. The molecule has 0 radical (unpaired) electrons. The van der Waals surface area contributed by atoms with E-state index in [0.717, 1.165) is 10.5 Å². The number of carbonyl (C=O) groups excluding carboxylic acids is 2. The lowest BCUT2D eigenvalue weighted by molar-refractivity contribution is -0.385.